The minimum Gasteiger partial charge on any atom is -0.372 e. The number of amides is 2. The lowest BCUT2D eigenvalue weighted by Gasteiger charge is -2.22. The van der Waals surface area contributed by atoms with Crippen LogP contribution in [0.25, 0.3) is 0 Å². The Balaban J connectivity index is 1.57. The van der Waals surface area contributed by atoms with Crippen molar-refractivity contribution in [2.24, 2.45) is 11.8 Å². The van der Waals surface area contributed by atoms with E-state index in [1.165, 1.54) is 0 Å². The van der Waals surface area contributed by atoms with E-state index in [9.17, 15) is 9.59 Å². The van der Waals surface area contributed by atoms with Gasteiger partial charge in [-0.25, -0.2) is 0 Å². The quantitative estimate of drug-likeness (QED) is 0.708. The number of nitrogens with one attached hydrogen (secondary N) is 2. The van der Waals surface area contributed by atoms with E-state index in [4.69, 9.17) is 11.6 Å². The van der Waals surface area contributed by atoms with Crippen molar-refractivity contribution in [2.75, 3.05) is 28.6 Å². The van der Waals surface area contributed by atoms with E-state index in [1.807, 2.05) is 19.1 Å². The molecule has 1 aliphatic rings. The van der Waals surface area contributed by atoms with Gasteiger partial charge in [0.2, 0.25) is 11.8 Å². The number of nitrogens with zero attached hydrogens (tertiary/aromatic N) is 1. The summed E-state index contributed by atoms with van der Waals surface area (Å²) in [6, 6.07) is 13.0. The first-order valence-corrected chi connectivity index (χ1v) is 10.0. The number of anilines is 3. The lowest BCUT2D eigenvalue weighted by Crippen LogP contribution is -2.22. The highest BCUT2D eigenvalue weighted by Gasteiger charge is 2.48. The van der Waals surface area contributed by atoms with E-state index >= 15 is 0 Å². The summed E-state index contributed by atoms with van der Waals surface area (Å²) in [4.78, 5) is 27.2. The van der Waals surface area contributed by atoms with E-state index in [1.54, 1.807) is 24.3 Å². The molecule has 28 heavy (non-hydrogen) atoms. The van der Waals surface area contributed by atoms with Crippen molar-refractivity contribution in [2.45, 2.75) is 27.2 Å². The second-order valence-corrected chi connectivity index (χ2v) is 7.54. The average molecular weight is 400 g/mol. The molecule has 2 aromatic carbocycles. The Hall–Kier alpha value is -2.53. The van der Waals surface area contributed by atoms with E-state index in [2.05, 4.69) is 35.4 Å². The zero-order valence-corrected chi connectivity index (χ0v) is 17.2. The normalized spacial score (nSPS) is 17.7. The predicted molar refractivity (Wildman–Crippen MR) is 115 cm³/mol. The summed E-state index contributed by atoms with van der Waals surface area (Å²) in [5.41, 5.74) is 3.64. The standard InChI is InChI=1S/C22H26ClN3O2/c1-4-26(5-2)17-10-11-20(14(3)12-17)25-22(28)19-13-18(19)21(27)24-16-8-6-15(23)7-9-16/h6-12,18-19H,4-5,13H2,1-3H3,(H,24,27)(H,25,28). The molecule has 2 N–H and O–H groups in total. The molecule has 0 radical (unpaired) electrons. The molecule has 2 amide bonds. The van der Waals surface area contributed by atoms with Crippen molar-refractivity contribution in [1.29, 1.82) is 0 Å². The maximum Gasteiger partial charge on any atom is 0.228 e. The largest absolute Gasteiger partial charge is 0.372 e. The van der Waals surface area contributed by atoms with E-state index in [0.717, 1.165) is 30.0 Å². The lowest BCUT2D eigenvalue weighted by molar-refractivity contribution is -0.122. The van der Waals surface area contributed by atoms with Crippen molar-refractivity contribution in [3.8, 4) is 0 Å². The molecule has 3 rings (SSSR count). The number of aryl methyl sites for hydroxylation is 1. The van der Waals surface area contributed by atoms with E-state index < -0.39 is 0 Å². The van der Waals surface area contributed by atoms with Gasteiger partial charge in [-0.2, -0.15) is 0 Å². The smallest absolute Gasteiger partial charge is 0.228 e. The molecular formula is C22H26ClN3O2. The van der Waals surface area contributed by atoms with Gasteiger partial charge in [0.25, 0.3) is 0 Å². The molecule has 6 heteroatoms. The van der Waals surface area contributed by atoms with Gasteiger partial charge >= 0.3 is 0 Å². The fourth-order valence-corrected chi connectivity index (χ4v) is 3.47. The minimum absolute atomic E-state index is 0.102. The van der Waals surface area contributed by atoms with Gasteiger partial charge in [-0.05, 0) is 75.2 Å². The fourth-order valence-electron chi connectivity index (χ4n) is 3.34. The number of halogens is 1. The number of carbonyl (C=O) groups is 2. The van der Waals surface area contributed by atoms with Crippen LogP contribution in [0.3, 0.4) is 0 Å². The Morgan fingerprint density at radius 1 is 1.00 bits per heavy atom. The monoisotopic (exact) mass is 399 g/mol. The summed E-state index contributed by atoms with van der Waals surface area (Å²) in [7, 11) is 0. The maximum absolute atomic E-state index is 12.6. The molecular weight excluding hydrogens is 374 g/mol. The van der Waals surface area contributed by atoms with Gasteiger partial charge < -0.3 is 15.5 Å². The van der Waals surface area contributed by atoms with Gasteiger partial charge in [0.15, 0.2) is 0 Å². The zero-order valence-electron chi connectivity index (χ0n) is 16.5. The first-order valence-electron chi connectivity index (χ1n) is 9.65. The second kappa shape index (κ2) is 8.65. The molecule has 0 bridgehead atoms. The number of hydrogen-bond acceptors (Lipinski definition) is 3. The molecule has 0 heterocycles. The summed E-state index contributed by atoms with van der Waals surface area (Å²) >= 11 is 5.85. The number of benzene rings is 2. The Morgan fingerprint density at radius 3 is 2.18 bits per heavy atom. The van der Waals surface area contributed by atoms with Crippen LogP contribution in [0.4, 0.5) is 17.1 Å². The van der Waals surface area contributed by atoms with Gasteiger partial charge in [-0.1, -0.05) is 11.6 Å². The summed E-state index contributed by atoms with van der Waals surface area (Å²) in [6.07, 6.45) is 0.571. The van der Waals surface area contributed by atoms with Crippen molar-refractivity contribution in [3.05, 3.63) is 53.1 Å². The van der Waals surface area contributed by atoms with Crippen LogP contribution < -0.4 is 15.5 Å². The molecule has 148 valence electrons. The second-order valence-electron chi connectivity index (χ2n) is 7.11. The van der Waals surface area contributed by atoms with Gasteiger partial charge in [-0.3, -0.25) is 9.59 Å². The SMILES string of the molecule is CCN(CC)c1ccc(NC(=O)C2CC2C(=O)Nc2ccc(Cl)cc2)c(C)c1. The summed E-state index contributed by atoms with van der Waals surface area (Å²) < 4.78 is 0. The van der Waals surface area contributed by atoms with Gasteiger partial charge in [0, 0.05) is 35.2 Å². The van der Waals surface area contributed by atoms with Crippen molar-refractivity contribution < 1.29 is 9.59 Å². The molecule has 5 nitrogen and oxygen atoms in total. The Bertz CT molecular complexity index is 863. The van der Waals surface area contributed by atoms with Crippen LogP contribution in [0.15, 0.2) is 42.5 Å². The van der Waals surface area contributed by atoms with Crippen LogP contribution in [0, 0.1) is 18.8 Å². The highest BCUT2D eigenvalue weighted by Crippen LogP contribution is 2.40. The van der Waals surface area contributed by atoms with Crippen molar-refractivity contribution in [1.82, 2.24) is 0 Å². The fraction of sp³-hybridized carbons (Fsp3) is 0.364. The average Bonchev–Trinajstić information content (AvgIpc) is 3.48. The molecule has 0 aliphatic heterocycles. The summed E-state index contributed by atoms with van der Waals surface area (Å²) in [5, 5.41) is 6.43. The number of hydrogen-bond donors (Lipinski definition) is 2. The predicted octanol–water partition coefficient (Wildman–Crippen LogP) is 4.71. The van der Waals surface area contributed by atoms with Crippen molar-refractivity contribution >= 4 is 40.5 Å². The molecule has 2 atom stereocenters. The molecule has 1 aliphatic carbocycles. The summed E-state index contributed by atoms with van der Waals surface area (Å²) in [6.45, 7) is 8.11. The minimum atomic E-state index is -0.286. The molecule has 2 unspecified atom stereocenters. The zero-order chi connectivity index (χ0) is 20.3. The van der Waals surface area contributed by atoms with Crippen LogP contribution in [0.2, 0.25) is 5.02 Å². The molecule has 1 fully saturated rings. The van der Waals surface area contributed by atoms with E-state index in [-0.39, 0.29) is 23.7 Å². The highest BCUT2D eigenvalue weighted by molar-refractivity contribution is 6.30. The Kier molecular flexibility index (Phi) is 6.25. The third-order valence-electron chi connectivity index (χ3n) is 5.17. The van der Waals surface area contributed by atoms with Crippen LogP contribution in [0.5, 0.6) is 0 Å². The first kappa shape index (κ1) is 20.2. The van der Waals surface area contributed by atoms with Crippen molar-refractivity contribution in [3.63, 3.8) is 0 Å². The van der Waals surface area contributed by atoms with E-state index in [0.29, 0.717) is 17.1 Å². The molecule has 0 spiro atoms. The maximum atomic E-state index is 12.6. The third kappa shape index (κ3) is 4.65. The van der Waals surface area contributed by atoms with Crippen LogP contribution >= 0.6 is 11.6 Å². The lowest BCUT2D eigenvalue weighted by atomic mass is 10.1. The third-order valence-corrected chi connectivity index (χ3v) is 5.42. The van der Waals surface area contributed by atoms with Crippen LogP contribution in [-0.2, 0) is 9.59 Å². The van der Waals surface area contributed by atoms with Gasteiger partial charge in [-0.15, -0.1) is 0 Å². The number of rotatable bonds is 7. The van der Waals surface area contributed by atoms with Gasteiger partial charge in [0.05, 0.1) is 11.8 Å². The first-order chi connectivity index (χ1) is 13.4. The molecule has 2 aromatic rings. The summed E-state index contributed by atoms with van der Waals surface area (Å²) in [5.74, 6) is -0.800. The topological polar surface area (TPSA) is 61.4 Å². The van der Waals surface area contributed by atoms with Crippen LogP contribution in [0.1, 0.15) is 25.8 Å². The molecule has 0 aromatic heterocycles. The molecule has 1 saturated carbocycles. The van der Waals surface area contributed by atoms with Gasteiger partial charge in [0.1, 0.15) is 0 Å². The Morgan fingerprint density at radius 2 is 1.61 bits per heavy atom. The Labute approximate surface area is 171 Å². The number of carbonyl (C=O) groups excluding carboxylic acids is 2. The highest BCUT2D eigenvalue weighted by atomic mass is 35.5. The molecule has 0 saturated heterocycles. The van der Waals surface area contributed by atoms with Crippen LogP contribution in [-0.4, -0.2) is 24.9 Å².